The molecule has 0 heterocycles. The van der Waals surface area contributed by atoms with Crippen molar-refractivity contribution >= 4 is 0 Å². The van der Waals surface area contributed by atoms with E-state index in [1.54, 1.807) is 0 Å². The lowest BCUT2D eigenvalue weighted by Gasteiger charge is -2.24. The van der Waals surface area contributed by atoms with Crippen molar-refractivity contribution in [2.45, 2.75) is 46.1 Å². The SMILES string of the molecule is CNC(CC(C)C)C1(C)CC1. The van der Waals surface area contributed by atoms with Gasteiger partial charge in [-0.1, -0.05) is 20.8 Å². The average Bonchev–Trinajstić information content (AvgIpc) is 2.63. The van der Waals surface area contributed by atoms with Gasteiger partial charge in [-0.05, 0) is 37.6 Å². The van der Waals surface area contributed by atoms with Crippen LogP contribution in [0.25, 0.3) is 0 Å². The third-order valence-electron chi connectivity index (χ3n) is 2.94. The highest BCUT2D eigenvalue weighted by Gasteiger charge is 2.43. The van der Waals surface area contributed by atoms with Crippen molar-refractivity contribution in [3.63, 3.8) is 0 Å². The minimum absolute atomic E-state index is 0.638. The number of hydrogen-bond donors (Lipinski definition) is 1. The van der Waals surface area contributed by atoms with E-state index in [1.807, 2.05) is 0 Å². The summed E-state index contributed by atoms with van der Waals surface area (Å²) in [7, 11) is 2.09. The van der Waals surface area contributed by atoms with E-state index in [9.17, 15) is 0 Å². The fourth-order valence-electron chi connectivity index (χ4n) is 1.77. The molecule has 1 unspecified atom stereocenters. The molecule has 0 aromatic carbocycles. The van der Waals surface area contributed by atoms with Crippen LogP contribution in [0.5, 0.6) is 0 Å². The fraction of sp³-hybridized carbons (Fsp3) is 1.00. The Morgan fingerprint density at radius 1 is 1.36 bits per heavy atom. The highest BCUT2D eigenvalue weighted by atomic mass is 14.9. The van der Waals surface area contributed by atoms with E-state index in [-0.39, 0.29) is 0 Å². The van der Waals surface area contributed by atoms with Crippen LogP contribution in [0.1, 0.15) is 40.0 Å². The monoisotopic (exact) mass is 155 g/mol. The van der Waals surface area contributed by atoms with Crippen molar-refractivity contribution in [1.29, 1.82) is 0 Å². The molecule has 11 heavy (non-hydrogen) atoms. The maximum atomic E-state index is 3.44. The molecule has 1 aliphatic carbocycles. The lowest BCUT2D eigenvalue weighted by atomic mass is 9.91. The molecule has 0 amide bonds. The van der Waals surface area contributed by atoms with Crippen molar-refractivity contribution in [3.8, 4) is 0 Å². The van der Waals surface area contributed by atoms with Gasteiger partial charge >= 0.3 is 0 Å². The second-order valence-corrected chi connectivity index (χ2v) is 4.62. The molecule has 1 rings (SSSR count). The maximum Gasteiger partial charge on any atom is 0.0120 e. The molecule has 1 atom stereocenters. The van der Waals surface area contributed by atoms with E-state index < -0.39 is 0 Å². The van der Waals surface area contributed by atoms with Gasteiger partial charge in [0.05, 0.1) is 0 Å². The third kappa shape index (κ3) is 2.19. The molecule has 66 valence electrons. The maximum absolute atomic E-state index is 3.44. The molecule has 0 aliphatic heterocycles. The van der Waals surface area contributed by atoms with E-state index in [1.165, 1.54) is 19.3 Å². The summed E-state index contributed by atoms with van der Waals surface area (Å²) >= 11 is 0. The highest BCUT2D eigenvalue weighted by Crippen LogP contribution is 2.49. The zero-order chi connectivity index (χ0) is 8.48. The Morgan fingerprint density at radius 3 is 2.18 bits per heavy atom. The lowest BCUT2D eigenvalue weighted by molar-refractivity contribution is 0.321. The van der Waals surface area contributed by atoms with Gasteiger partial charge in [0, 0.05) is 6.04 Å². The molecule has 0 saturated heterocycles. The van der Waals surface area contributed by atoms with Crippen LogP contribution >= 0.6 is 0 Å². The smallest absolute Gasteiger partial charge is 0.0120 e. The van der Waals surface area contributed by atoms with Gasteiger partial charge in [0.25, 0.3) is 0 Å². The first-order valence-corrected chi connectivity index (χ1v) is 4.76. The Bertz CT molecular complexity index is 125. The van der Waals surface area contributed by atoms with Crippen LogP contribution in [0, 0.1) is 11.3 Å². The number of hydrogen-bond acceptors (Lipinski definition) is 1. The van der Waals surface area contributed by atoms with Crippen molar-refractivity contribution in [1.82, 2.24) is 5.32 Å². The number of rotatable bonds is 4. The molecule has 0 radical (unpaired) electrons. The molecular formula is C10H21N. The molecule has 0 aromatic rings. The zero-order valence-corrected chi connectivity index (χ0v) is 8.28. The van der Waals surface area contributed by atoms with Crippen LogP contribution in [0.2, 0.25) is 0 Å². The van der Waals surface area contributed by atoms with Gasteiger partial charge in [0.2, 0.25) is 0 Å². The Morgan fingerprint density at radius 2 is 1.91 bits per heavy atom. The third-order valence-corrected chi connectivity index (χ3v) is 2.94. The lowest BCUT2D eigenvalue weighted by Crippen LogP contribution is -2.34. The Kier molecular flexibility index (Phi) is 2.58. The molecular weight excluding hydrogens is 134 g/mol. The van der Waals surface area contributed by atoms with Crippen molar-refractivity contribution < 1.29 is 0 Å². The van der Waals surface area contributed by atoms with Crippen LogP contribution in [0.15, 0.2) is 0 Å². The summed E-state index contributed by atoms with van der Waals surface area (Å²) in [6.45, 7) is 7.00. The molecule has 1 saturated carbocycles. The van der Waals surface area contributed by atoms with Crippen molar-refractivity contribution in [3.05, 3.63) is 0 Å². The molecule has 0 bridgehead atoms. The Balaban J connectivity index is 2.37. The fourth-order valence-corrected chi connectivity index (χ4v) is 1.77. The van der Waals surface area contributed by atoms with Crippen molar-refractivity contribution in [2.75, 3.05) is 7.05 Å². The van der Waals surface area contributed by atoms with Gasteiger partial charge in [0.1, 0.15) is 0 Å². The molecule has 1 heteroatoms. The first-order valence-electron chi connectivity index (χ1n) is 4.76. The summed E-state index contributed by atoms with van der Waals surface area (Å²) < 4.78 is 0. The summed E-state index contributed by atoms with van der Waals surface area (Å²) in [5, 5.41) is 3.44. The summed E-state index contributed by atoms with van der Waals surface area (Å²) in [4.78, 5) is 0. The van der Waals surface area contributed by atoms with Gasteiger partial charge in [-0.15, -0.1) is 0 Å². The summed E-state index contributed by atoms with van der Waals surface area (Å²) in [6.07, 6.45) is 4.17. The average molecular weight is 155 g/mol. The summed E-state index contributed by atoms with van der Waals surface area (Å²) in [5.74, 6) is 0.824. The quantitative estimate of drug-likeness (QED) is 0.657. The van der Waals surface area contributed by atoms with E-state index in [2.05, 4.69) is 33.1 Å². The predicted molar refractivity (Wildman–Crippen MR) is 49.6 cm³/mol. The number of nitrogens with one attached hydrogen (secondary N) is 1. The van der Waals surface area contributed by atoms with Gasteiger partial charge < -0.3 is 5.32 Å². The van der Waals surface area contributed by atoms with Crippen LogP contribution in [0.4, 0.5) is 0 Å². The van der Waals surface area contributed by atoms with Crippen LogP contribution in [-0.4, -0.2) is 13.1 Å². The van der Waals surface area contributed by atoms with Crippen LogP contribution < -0.4 is 5.32 Å². The summed E-state index contributed by atoms with van der Waals surface area (Å²) in [5.41, 5.74) is 0.638. The van der Waals surface area contributed by atoms with Gasteiger partial charge in [-0.25, -0.2) is 0 Å². The van der Waals surface area contributed by atoms with E-state index in [4.69, 9.17) is 0 Å². The van der Waals surface area contributed by atoms with Gasteiger partial charge in [-0.3, -0.25) is 0 Å². The molecule has 0 aromatic heterocycles. The standard InChI is InChI=1S/C10H21N/c1-8(2)7-9(11-4)10(3)5-6-10/h8-9,11H,5-7H2,1-4H3. The normalized spacial score (nSPS) is 23.7. The van der Waals surface area contributed by atoms with Gasteiger partial charge in [0.15, 0.2) is 0 Å². The first kappa shape index (κ1) is 9.05. The van der Waals surface area contributed by atoms with E-state index in [0.29, 0.717) is 5.41 Å². The predicted octanol–water partition coefficient (Wildman–Crippen LogP) is 2.42. The molecule has 1 aliphatic rings. The molecule has 1 nitrogen and oxygen atoms in total. The highest BCUT2D eigenvalue weighted by molar-refractivity contribution is 4.98. The van der Waals surface area contributed by atoms with Gasteiger partial charge in [-0.2, -0.15) is 0 Å². The zero-order valence-electron chi connectivity index (χ0n) is 8.28. The van der Waals surface area contributed by atoms with Crippen LogP contribution in [-0.2, 0) is 0 Å². The van der Waals surface area contributed by atoms with Crippen LogP contribution in [0.3, 0.4) is 0 Å². The topological polar surface area (TPSA) is 12.0 Å². The van der Waals surface area contributed by atoms with Crippen molar-refractivity contribution in [2.24, 2.45) is 11.3 Å². The Labute approximate surface area is 70.6 Å². The van der Waals surface area contributed by atoms with E-state index >= 15 is 0 Å². The molecule has 1 N–H and O–H groups in total. The molecule has 1 fully saturated rings. The minimum Gasteiger partial charge on any atom is -0.316 e. The molecule has 0 spiro atoms. The summed E-state index contributed by atoms with van der Waals surface area (Å²) in [6, 6.07) is 0.752. The first-order chi connectivity index (χ1) is 5.08. The Hall–Kier alpha value is -0.0400. The minimum atomic E-state index is 0.638. The largest absolute Gasteiger partial charge is 0.316 e. The second-order valence-electron chi connectivity index (χ2n) is 4.62. The van der Waals surface area contributed by atoms with E-state index in [0.717, 1.165) is 12.0 Å². The second kappa shape index (κ2) is 3.14.